The van der Waals surface area contributed by atoms with Crippen LogP contribution in [0.25, 0.3) is 0 Å². The molecule has 1 aliphatic heterocycles. The van der Waals surface area contributed by atoms with Crippen LogP contribution >= 0.6 is 23.4 Å². The van der Waals surface area contributed by atoms with Gasteiger partial charge in [0.25, 0.3) is 0 Å². The van der Waals surface area contributed by atoms with Gasteiger partial charge < -0.3 is 4.90 Å². The van der Waals surface area contributed by atoms with Crippen LogP contribution in [0.15, 0.2) is 24.3 Å². The quantitative estimate of drug-likeness (QED) is 0.847. The summed E-state index contributed by atoms with van der Waals surface area (Å²) in [6.45, 7) is 4.68. The van der Waals surface area contributed by atoms with Crippen LogP contribution in [-0.4, -0.2) is 41.8 Å². The van der Waals surface area contributed by atoms with Crippen LogP contribution in [0.2, 0.25) is 5.02 Å². The smallest absolute Gasteiger partial charge is 0.138 e. The minimum atomic E-state index is -0.0228. The van der Waals surface area contributed by atoms with E-state index in [0.717, 1.165) is 30.2 Å². The zero-order valence-electron chi connectivity index (χ0n) is 10.6. The number of Topliss-reactive ketones (excluding diaryl/α,β-unsaturated/α-hetero) is 1. The summed E-state index contributed by atoms with van der Waals surface area (Å²) in [5, 5.41) is 0.718. The predicted molar refractivity (Wildman–Crippen MR) is 78.6 cm³/mol. The second-order valence-electron chi connectivity index (χ2n) is 4.63. The van der Waals surface area contributed by atoms with Crippen molar-refractivity contribution in [3.63, 3.8) is 0 Å². The van der Waals surface area contributed by atoms with Gasteiger partial charge in [-0.15, -0.1) is 0 Å². The third kappa shape index (κ3) is 3.74. The number of halogens is 1. The highest BCUT2D eigenvalue weighted by molar-refractivity contribution is 7.99. The van der Waals surface area contributed by atoms with E-state index >= 15 is 0 Å². The number of thioether (sulfide) groups is 1. The maximum Gasteiger partial charge on any atom is 0.138 e. The molecule has 1 aromatic carbocycles. The summed E-state index contributed by atoms with van der Waals surface area (Å²) in [7, 11) is 0. The maximum atomic E-state index is 11.8. The maximum absolute atomic E-state index is 11.8. The molecule has 1 atom stereocenters. The van der Waals surface area contributed by atoms with E-state index in [1.165, 1.54) is 11.5 Å². The molecule has 2 nitrogen and oxygen atoms in total. The Morgan fingerprint density at radius 2 is 1.94 bits per heavy atom. The van der Waals surface area contributed by atoms with Crippen LogP contribution in [0.1, 0.15) is 18.4 Å². The van der Waals surface area contributed by atoms with Gasteiger partial charge in [-0.2, -0.15) is 11.8 Å². The molecule has 0 N–H and O–H groups in total. The van der Waals surface area contributed by atoms with Gasteiger partial charge in [-0.3, -0.25) is 4.79 Å². The number of rotatable bonds is 4. The van der Waals surface area contributed by atoms with Gasteiger partial charge in [0.05, 0.1) is 5.92 Å². The summed E-state index contributed by atoms with van der Waals surface area (Å²) < 4.78 is 0. The molecule has 98 valence electrons. The number of hydrogen-bond donors (Lipinski definition) is 0. The molecule has 18 heavy (non-hydrogen) atoms. The Bertz CT molecular complexity index is 401. The molecule has 2 rings (SSSR count). The van der Waals surface area contributed by atoms with E-state index in [-0.39, 0.29) is 11.7 Å². The van der Waals surface area contributed by atoms with Crippen LogP contribution in [0.3, 0.4) is 0 Å². The summed E-state index contributed by atoms with van der Waals surface area (Å²) in [5.41, 5.74) is 1.07. The fraction of sp³-hybridized carbons (Fsp3) is 0.500. The monoisotopic (exact) mass is 283 g/mol. The van der Waals surface area contributed by atoms with Gasteiger partial charge in [0.2, 0.25) is 0 Å². The second-order valence-corrected chi connectivity index (χ2v) is 6.29. The van der Waals surface area contributed by atoms with E-state index in [2.05, 4.69) is 4.90 Å². The van der Waals surface area contributed by atoms with Crippen LogP contribution in [0.5, 0.6) is 0 Å². The summed E-state index contributed by atoms with van der Waals surface area (Å²) in [5.74, 6) is 2.55. The molecule has 1 unspecified atom stereocenters. The summed E-state index contributed by atoms with van der Waals surface area (Å²) in [6.07, 6.45) is 0. The second kappa shape index (κ2) is 6.60. The molecule has 0 spiro atoms. The van der Waals surface area contributed by atoms with Crippen molar-refractivity contribution < 1.29 is 4.79 Å². The lowest BCUT2D eigenvalue weighted by atomic mass is 9.95. The molecule has 1 saturated heterocycles. The van der Waals surface area contributed by atoms with Gasteiger partial charge in [0.15, 0.2) is 0 Å². The van der Waals surface area contributed by atoms with Crippen molar-refractivity contribution >= 4 is 29.1 Å². The molecule has 0 aromatic heterocycles. The zero-order chi connectivity index (χ0) is 13.0. The third-order valence-electron chi connectivity index (χ3n) is 3.31. The lowest BCUT2D eigenvalue weighted by molar-refractivity contribution is -0.118. The van der Waals surface area contributed by atoms with Crippen LogP contribution in [-0.2, 0) is 4.79 Å². The summed E-state index contributed by atoms with van der Waals surface area (Å²) in [4.78, 5) is 14.2. The van der Waals surface area contributed by atoms with Gasteiger partial charge in [-0.1, -0.05) is 23.7 Å². The van der Waals surface area contributed by atoms with Crippen LogP contribution in [0.4, 0.5) is 0 Å². The summed E-state index contributed by atoms with van der Waals surface area (Å²) in [6, 6.07) is 7.65. The highest BCUT2D eigenvalue weighted by Crippen LogP contribution is 2.22. The topological polar surface area (TPSA) is 20.3 Å². The molecule has 0 amide bonds. The SMILES string of the molecule is CC(=O)C(CN1CCSCC1)c1ccc(Cl)cc1. The van der Waals surface area contributed by atoms with Crippen LogP contribution in [0, 0.1) is 0 Å². The molecule has 1 fully saturated rings. The number of nitrogens with zero attached hydrogens (tertiary/aromatic N) is 1. The van der Waals surface area contributed by atoms with E-state index in [9.17, 15) is 4.79 Å². The molecule has 4 heteroatoms. The molecule has 1 heterocycles. The highest BCUT2D eigenvalue weighted by atomic mass is 35.5. The van der Waals surface area contributed by atoms with Gasteiger partial charge in [-0.25, -0.2) is 0 Å². The largest absolute Gasteiger partial charge is 0.301 e. The van der Waals surface area contributed by atoms with Gasteiger partial charge in [-0.05, 0) is 24.6 Å². The average Bonchev–Trinajstić information content (AvgIpc) is 2.38. The Balaban J connectivity index is 2.07. The highest BCUT2D eigenvalue weighted by Gasteiger charge is 2.21. The van der Waals surface area contributed by atoms with E-state index in [1.807, 2.05) is 36.0 Å². The number of ketones is 1. The Kier molecular flexibility index (Phi) is 5.10. The molecular weight excluding hydrogens is 266 g/mol. The van der Waals surface area contributed by atoms with Gasteiger partial charge in [0.1, 0.15) is 5.78 Å². The van der Waals surface area contributed by atoms with E-state index in [0.29, 0.717) is 0 Å². The van der Waals surface area contributed by atoms with Crippen molar-refractivity contribution in [3.8, 4) is 0 Å². The van der Waals surface area contributed by atoms with Crippen molar-refractivity contribution in [1.82, 2.24) is 4.90 Å². The molecule has 0 aliphatic carbocycles. The molecular formula is C14H18ClNOS. The Labute approximate surface area is 118 Å². The predicted octanol–water partition coefficient (Wildman–Crippen LogP) is 3.06. The minimum absolute atomic E-state index is 0.0228. The van der Waals surface area contributed by atoms with E-state index in [4.69, 9.17) is 11.6 Å². The van der Waals surface area contributed by atoms with Gasteiger partial charge in [0, 0.05) is 36.2 Å². The van der Waals surface area contributed by atoms with E-state index < -0.39 is 0 Å². The van der Waals surface area contributed by atoms with Crippen molar-refractivity contribution in [3.05, 3.63) is 34.9 Å². The first-order valence-electron chi connectivity index (χ1n) is 6.23. The molecule has 0 saturated carbocycles. The summed E-state index contributed by atoms with van der Waals surface area (Å²) >= 11 is 7.88. The van der Waals surface area contributed by atoms with Crippen molar-refractivity contribution in [2.45, 2.75) is 12.8 Å². The molecule has 1 aromatic rings. The number of benzene rings is 1. The molecule has 1 aliphatic rings. The standard InChI is InChI=1S/C14H18ClNOS/c1-11(17)14(10-16-6-8-18-9-7-16)12-2-4-13(15)5-3-12/h2-5,14H,6-10H2,1H3. The first kappa shape index (κ1) is 13.9. The Morgan fingerprint density at radius 1 is 1.33 bits per heavy atom. The Hall–Kier alpha value is -0.510. The zero-order valence-corrected chi connectivity index (χ0v) is 12.1. The third-order valence-corrected chi connectivity index (χ3v) is 4.50. The lowest BCUT2D eigenvalue weighted by Gasteiger charge is -2.29. The minimum Gasteiger partial charge on any atom is -0.301 e. The lowest BCUT2D eigenvalue weighted by Crippen LogP contribution is -2.37. The fourth-order valence-electron chi connectivity index (χ4n) is 2.21. The fourth-order valence-corrected chi connectivity index (χ4v) is 3.31. The van der Waals surface area contributed by atoms with Crippen molar-refractivity contribution in [2.24, 2.45) is 0 Å². The Morgan fingerprint density at radius 3 is 2.50 bits per heavy atom. The van der Waals surface area contributed by atoms with Crippen molar-refractivity contribution in [1.29, 1.82) is 0 Å². The molecule has 0 bridgehead atoms. The van der Waals surface area contributed by atoms with Crippen LogP contribution < -0.4 is 0 Å². The first-order chi connectivity index (χ1) is 8.66. The molecule has 0 radical (unpaired) electrons. The normalized spacial score (nSPS) is 18.6. The average molecular weight is 284 g/mol. The van der Waals surface area contributed by atoms with Gasteiger partial charge >= 0.3 is 0 Å². The first-order valence-corrected chi connectivity index (χ1v) is 7.76. The van der Waals surface area contributed by atoms with Crippen molar-refractivity contribution in [2.75, 3.05) is 31.1 Å². The number of carbonyl (C=O) groups excluding carboxylic acids is 1. The number of carbonyl (C=O) groups is 1. The number of hydrogen-bond acceptors (Lipinski definition) is 3. The van der Waals surface area contributed by atoms with E-state index in [1.54, 1.807) is 6.92 Å².